The standard InChI is InChI=1S/C16H22N6O.2ClH/c1-12(13-4-2-6-17-9-13)8-15(23)21-14-5-3-7-19-16(14)22-11-18-10-20-22;;/h3,5,7,10-13,17H,2,4,6,8-9H2,1H3,(H,21,23);2*1H. The van der Waals surface area contributed by atoms with Gasteiger partial charge in [0.25, 0.3) is 0 Å². The molecular weight excluding hydrogens is 363 g/mol. The van der Waals surface area contributed by atoms with Crippen LogP contribution in [0.15, 0.2) is 31.0 Å². The highest BCUT2D eigenvalue weighted by Gasteiger charge is 2.22. The maximum atomic E-state index is 12.4. The second-order valence-electron chi connectivity index (χ2n) is 6.05. The molecule has 2 aromatic heterocycles. The summed E-state index contributed by atoms with van der Waals surface area (Å²) in [4.78, 5) is 20.6. The Kier molecular flexibility index (Phi) is 8.82. The molecule has 0 aliphatic carbocycles. The van der Waals surface area contributed by atoms with Gasteiger partial charge in [-0.3, -0.25) is 4.79 Å². The van der Waals surface area contributed by atoms with E-state index in [1.807, 2.05) is 6.07 Å². The van der Waals surface area contributed by atoms with Gasteiger partial charge in [-0.15, -0.1) is 24.8 Å². The highest BCUT2D eigenvalue weighted by Crippen LogP contribution is 2.23. The number of rotatable bonds is 5. The number of carbonyl (C=O) groups is 1. The molecule has 0 spiro atoms. The summed E-state index contributed by atoms with van der Waals surface area (Å²) in [6, 6.07) is 3.62. The van der Waals surface area contributed by atoms with Crippen LogP contribution in [0, 0.1) is 11.8 Å². The quantitative estimate of drug-likeness (QED) is 0.824. The molecule has 3 rings (SSSR count). The van der Waals surface area contributed by atoms with E-state index in [-0.39, 0.29) is 30.7 Å². The fourth-order valence-electron chi connectivity index (χ4n) is 3.02. The van der Waals surface area contributed by atoms with Crippen molar-refractivity contribution < 1.29 is 4.79 Å². The molecule has 0 saturated carbocycles. The third-order valence-corrected chi connectivity index (χ3v) is 4.34. The lowest BCUT2D eigenvalue weighted by molar-refractivity contribution is -0.117. The summed E-state index contributed by atoms with van der Waals surface area (Å²) in [6.45, 7) is 4.25. The molecule has 138 valence electrons. The maximum absolute atomic E-state index is 12.4. The van der Waals surface area contributed by atoms with E-state index in [2.05, 4.69) is 32.6 Å². The van der Waals surface area contributed by atoms with Gasteiger partial charge in [-0.1, -0.05) is 6.92 Å². The number of pyridine rings is 1. The van der Waals surface area contributed by atoms with Gasteiger partial charge in [-0.05, 0) is 49.9 Å². The molecule has 1 fully saturated rings. The van der Waals surface area contributed by atoms with Gasteiger partial charge in [0, 0.05) is 12.6 Å². The SMILES string of the molecule is CC(CC(=O)Nc1cccnc1-n1cncn1)C1CCCNC1.Cl.Cl. The van der Waals surface area contributed by atoms with E-state index in [0.717, 1.165) is 13.1 Å². The highest BCUT2D eigenvalue weighted by molar-refractivity contribution is 5.92. The molecule has 3 heterocycles. The minimum atomic E-state index is 0. The molecule has 7 nitrogen and oxygen atoms in total. The number of halogens is 2. The Morgan fingerprint density at radius 3 is 3.00 bits per heavy atom. The van der Waals surface area contributed by atoms with Crippen molar-refractivity contribution in [3.8, 4) is 5.82 Å². The largest absolute Gasteiger partial charge is 0.323 e. The van der Waals surface area contributed by atoms with Gasteiger partial charge in [0.2, 0.25) is 5.91 Å². The topological polar surface area (TPSA) is 84.7 Å². The molecule has 2 unspecified atom stereocenters. The van der Waals surface area contributed by atoms with E-state index in [1.54, 1.807) is 23.3 Å². The van der Waals surface area contributed by atoms with E-state index >= 15 is 0 Å². The van der Waals surface area contributed by atoms with Crippen molar-refractivity contribution in [1.82, 2.24) is 25.1 Å². The summed E-state index contributed by atoms with van der Waals surface area (Å²) < 4.78 is 1.55. The van der Waals surface area contributed by atoms with Gasteiger partial charge in [0.1, 0.15) is 12.7 Å². The Morgan fingerprint density at radius 1 is 1.48 bits per heavy atom. The van der Waals surface area contributed by atoms with Gasteiger partial charge in [-0.2, -0.15) is 5.10 Å². The average Bonchev–Trinajstić information content (AvgIpc) is 3.10. The van der Waals surface area contributed by atoms with Gasteiger partial charge < -0.3 is 10.6 Å². The lowest BCUT2D eigenvalue weighted by Crippen LogP contribution is -2.34. The summed E-state index contributed by atoms with van der Waals surface area (Å²) in [5.41, 5.74) is 0.650. The van der Waals surface area contributed by atoms with Gasteiger partial charge in [-0.25, -0.2) is 14.6 Å². The highest BCUT2D eigenvalue weighted by atomic mass is 35.5. The van der Waals surface area contributed by atoms with Crippen LogP contribution in [0.1, 0.15) is 26.2 Å². The second kappa shape index (κ2) is 10.3. The number of anilines is 1. The predicted octanol–water partition coefficient (Wildman–Crippen LogP) is 2.47. The van der Waals surface area contributed by atoms with Crippen LogP contribution in [0.5, 0.6) is 0 Å². The third-order valence-electron chi connectivity index (χ3n) is 4.34. The Bertz CT molecular complexity index is 646. The molecule has 2 atom stereocenters. The van der Waals surface area contributed by atoms with Crippen molar-refractivity contribution in [3.63, 3.8) is 0 Å². The van der Waals surface area contributed by atoms with Crippen LogP contribution in [0.25, 0.3) is 5.82 Å². The fraction of sp³-hybridized carbons (Fsp3) is 0.500. The summed E-state index contributed by atoms with van der Waals surface area (Å²) in [7, 11) is 0. The number of hydrogen-bond acceptors (Lipinski definition) is 5. The van der Waals surface area contributed by atoms with Gasteiger partial charge >= 0.3 is 0 Å². The van der Waals surface area contributed by atoms with Crippen LogP contribution in [0.4, 0.5) is 5.69 Å². The molecule has 0 bridgehead atoms. The predicted molar refractivity (Wildman–Crippen MR) is 102 cm³/mol. The molecule has 1 aliphatic heterocycles. The monoisotopic (exact) mass is 386 g/mol. The molecule has 2 aromatic rings. The van der Waals surface area contributed by atoms with Crippen LogP contribution in [-0.4, -0.2) is 38.7 Å². The molecule has 1 saturated heterocycles. The van der Waals surface area contributed by atoms with E-state index in [0.29, 0.717) is 29.8 Å². The maximum Gasteiger partial charge on any atom is 0.224 e. The van der Waals surface area contributed by atoms with Crippen molar-refractivity contribution in [2.45, 2.75) is 26.2 Å². The number of aromatic nitrogens is 4. The van der Waals surface area contributed by atoms with E-state index < -0.39 is 0 Å². The number of piperidine rings is 1. The van der Waals surface area contributed by atoms with Gasteiger partial charge in [0.15, 0.2) is 5.82 Å². The van der Waals surface area contributed by atoms with E-state index in [1.165, 1.54) is 19.2 Å². The van der Waals surface area contributed by atoms with Crippen LogP contribution >= 0.6 is 24.8 Å². The first-order valence-corrected chi connectivity index (χ1v) is 8.04. The van der Waals surface area contributed by atoms with Crippen LogP contribution in [-0.2, 0) is 4.79 Å². The summed E-state index contributed by atoms with van der Waals surface area (Å²) in [5.74, 6) is 1.51. The number of amides is 1. The molecular formula is C16H24Cl2N6O. The Hall–Kier alpha value is -1.70. The first-order valence-electron chi connectivity index (χ1n) is 8.04. The van der Waals surface area contributed by atoms with Crippen molar-refractivity contribution in [1.29, 1.82) is 0 Å². The summed E-state index contributed by atoms with van der Waals surface area (Å²) >= 11 is 0. The smallest absolute Gasteiger partial charge is 0.224 e. The zero-order chi connectivity index (χ0) is 16.1. The molecule has 0 aromatic carbocycles. The molecule has 1 amide bonds. The number of nitrogens with zero attached hydrogens (tertiary/aromatic N) is 4. The molecule has 25 heavy (non-hydrogen) atoms. The molecule has 1 aliphatic rings. The molecule has 2 N–H and O–H groups in total. The Morgan fingerprint density at radius 2 is 2.32 bits per heavy atom. The minimum Gasteiger partial charge on any atom is -0.323 e. The first kappa shape index (κ1) is 21.3. The second-order valence-corrected chi connectivity index (χ2v) is 6.05. The first-order chi connectivity index (χ1) is 11.2. The number of carbonyl (C=O) groups excluding carboxylic acids is 1. The lowest BCUT2D eigenvalue weighted by atomic mass is 9.85. The van der Waals surface area contributed by atoms with Gasteiger partial charge in [0.05, 0.1) is 5.69 Å². The fourth-order valence-corrected chi connectivity index (χ4v) is 3.02. The van der Waals surface area contributed by atoms with Crippen molar-refractivity contribution in [2.75, 3.05) is 18.4 Å². The van der Waals surface area contributed by atoms with E-state index in [9.17, 15) is 4.79 Å². The zero-order valence-corrected chi connectivity index (χ0v) is 15.7. The Labute approximate surface area is 159 Å². The molecule has 0 radical (unpaired) electrons. The lowest BCUT2D eigenvalue weighted by Gasteiger charge is -2.28. The van der Waals surface area contributed by atoms with Crippen LogP contribution in [0.3, 0.4) is 0 Å². The van der Waals surface area contributed by atoms with Crippen LogP contribution < -0.4 is 10.6 Å². The van der Waals surface area contributed by atoms with Crippen molar-refractivity contribution in [3.05, 3.63) is 31.0 Å². The normalized spacial score (nSPS) is 17.7. The summed E-state index contributed by atoms with van der Waals surface area (Å²) in [6.07, 6.45) is 7.57. The average molecular weight is 387 g/mol. The molecule has 9 heteroatoms. The minimum absolute atomic E-state index is 0. The van der Waals surface area contributed by atoms with Crippen LogP contribution in [0.2, 0.25) is 0 Å². The van der Waals surface area contributed by atoms with Crippen molar-refractivity contribution >= 4 is 36.4 Å². The number of nitrogens with one attached hydrogen (secondary N) is 2. The third kappa shape index (κ3) is 5.66. The van der Waals surface area contributed by atoms with E-state index in [4.69, 9.17) is 0 Å². The zero-order valence-electron chi connectivity index (χ0n) is 14.1. The summed E-state index contributed by atoms with van der Waals surface area (Å²) in [5, 5.41) is 10.4. The number of hydrogen-bond donors (Lipinski definition) is 2. The van der Waals surface area contributed by atoms with Crippen molar-refractivity contribution in [2.24, 2.45) is 11.8 Å². The Balaban J connectivity index is 0.00000156.